The summed E-state index contributed by atoms with van der Waals surface area (Å²) < 4.78 is 66.8. The number of aromatic nitrogens is 3. The fraction of sp³-hybridized carbons (Fsp3) is 0.259. The van der Waals surface area contributed by atoms with Crippen molar-refractivity contribution in [3.8, 4) is 17.0 Å². The summed E-state index contributed by atoms with van der Waals surface area (Å²) in [7, 11) is -2.91. The van der Waals surface area contributed by atoms with E-state index in [9.17, 15) is 22.8 Å². The topological polar surface area (TPSA) is 109 Å². The van der Waals surface area contributed by atoms with Gasteiger partial charge in [0.05, 0.1) is 28.3 Å². The van der Waals surface area contributed by atoms with E-state index in [-0.39, 0.29) is 28.8 Å². The van der Waals surface area contributed by atoms with Crippen molar-refractivity contribution in [3.63, 3.8) is 0 Å². The molecule has 3 N–H and O–H groups in total. The highest BCUT2D eigenvalue weighted by Crippen LogP contribution is 2.32. The second kappa shape index (κ2) is 9.81. The number of pyridine rings is 1. The van der Waals surface area contributed by atoms with E-state index in [4.69, 9.17) is 8.85 Å². The molecule has 0 bridgehead atoms. The molecule has 0 saturated heterocycles. The number of fused-ring (bicyclic) bond motifs is 1. The van der Waals surface area contributed by atoms with Gasteiger partial charge in [-0.2, -0.15) is 18.3 Å². The van der Waals surface area contributed by atoms with Crippen LogP contribution in [0.5, 0.6) is 5.88 Å². The average molecular weight is 527 g/mol. The highest BCUT2D eigenvalue weighted by atomic mass is 19.4. The highest BCUT2D eigenvalue weighted by molar-refractivity contribution is 6.05. The molecule has 4 aromatic rings. The van der Waals surface area contributed by atoms with E-state index in [0.29, 0.717) is 22.0 Å². The van der Waals surface area contributed by atoms with Crippen molar-refractivity contribution in [2.24, 2.45) is 0 Å². The first kappa shape index (κ1) is 21.7. The lowest BCUT2D eigenvalue weighted by atomic mass is 10.0. The summed E-state index contributed by atoms with van der Waals surface area (Å²) in [5.41, 5.74) is 0.891. The van der Waals surface area contributed by atoms with Crippen LogP contribution in [0.15, 0.2) is 54.7 Å². The number of nitrogens with one attached hydrogen (secondary N) is 3. The van der Waals surface area contributed by atoms with Gasteiger partial charge < -0.3 is 15.4 Å². The number of rotatable bonds is 7. The number of methoxy groups -OCH3 is 1. The molecule has 5 rings (SSSR count). The number of nitrogens with zero attached hydrogens (tertiary/aromatic N) is 2. The third-order valence-electron chi connectivity index (χ3n) is 6.28. The summed E-state index contributed by atoms with van der Waals surface area (Å²) >= 11 is 0. The number of hydrogen-bond donors (Lipinski definition) is 3. The zero-order chi connectivity index (χ0) is 29.5. The summed E-state index contributed by atoms with van der Waals surface area (Å²) in [5, 5.41) is 13.0. The van der Waals surface area contributed by atoms with Gasteiger partial charge in [-0.05, 0) is 61.2 Å². The van der Waals surface area contributed by atoms with Crippen molar-refractivity contribution in [2.45, 2.75) is 38.0 Å². The standard InChI is InChI=1S/C27H24F3N5O3/c1-14(15-4-3-5-18(10-15)27(28,29)30)32-24(36)21-11-17(13-31-26(21)38-2)16-6-9-20-22(12-16)34-35-23(20)25(37)33-19-7-8-19/h3-6,9-14,19H,7-8H2,1-2H3,(H,32,36)(H,33,37)(H,34,35)/t14-/m0/s1/i2D3. The normalized spacial score (nSPS) is 15.7. The van der Waals surface area contributed by atoms with Crippen molar-refractivity contribution >= 4 is 22.7 Å². The molecule has 0 unspecified atom stereocenters. The van der Waals surface area contributed by atoms with Crippen LogP contribution in [-0.2, 0) is 6.18 Å². The third kappa shape index (κ3) is 5.17. The number of hydrogen-bond acceptors (Lipinski definition) is 5. The van der Waals surface area contributed by atoms with Crippen molar-refractivity contribution in [2.75, 3.05) is 7.04 Å². The average Bonchev–Trinajstić information content (AvgIpc) is 3.61. The zero-order valence-electron chi connectivity index (χ0n) is 23.0. The Bertz CT molecular complexity index is 1630. The number of aromatic amines is 1. The molecule has 2 amide bonds. The molecule has 1 fully saturated rings. The van der Waals surface area contributed by atoms with E-state index < -0.39 is 36.6 Å². The number of carbonyl (C=O) groups excluding carboxylic acids is 2. The van der Waals surface area contributed by atoms with Crippen LogP contribution in [0.2, 0.25) is 0 Å². The molecule has 38 heavy (non-hydrogen) atoms. The molecular formula is C27H24F3N5O3. The number of ether oxygens (including phenoxy) is 1. The maximum absolute atomic E-state index is 13.3. The van der Waals surface area contributed by atoms with Gasteiger partial charge in [0, 0.05) is 23.2 Å². The summed E-state index contributed by atoms with van der Waals surface area (Å²) in [6.45, 7) is 1.50. The molecule has 1 saturated carbocycles. The van der Waals surface area contributed by atoms with Crippen LogP contribution in [0.25, 0.3) is 22.0 Å². The van der Waals surface area contributed by atoms with Crippen LogP contribution in [0.4, 0.5) is 13.2 Å². The number of carbonyl (C=O) groups is 2. The van der Waals surface area contributed by atoms with Crippen LogP contribution in [0.1, 0.15) is 61.9 Å². The zero-order valence-corrected chi connectivity index (χ0v) is 20.0. The molecular weight excluding hydrogens is 499 g/mol. The molecule has 0 aliphatic heterocycles. The predicted molar refractivity (Wildman–Crippen MR) is 134 cm³/mol. The Morgan fingerprint density at radius 2 is 1.95 bits per heavy atom. The van der Waals surface area contributed by atoms with E-state index >= 15 is 0 Å². The van der Waals surface area contributed by atoms with Gasteiger partial charge in [0.15, 0.2) is 5.69 Å². The minimum Gasteiger partial charge on any atom is -0.480 e. The van der Waals surface area contributed by atoms with E-state index in [2.05, 4.69) is 25.8 Å². The Hall–Kier alpha value is -4.41. The molecule has 8 nitrogen and oxygen atoms in total. The van der Waals surface area contributed by atoms with Crippen molar-refractivity contribution in [1.29, 1.82) is 0 Å². The van der Waals surface area contributed by atoms with Crippen LogP contribution < -0.4 is 15.4 Å². The Morgan fingerprint density at radius 1 is 1.13 bits per heavy atom. The largest absolute Gasteiger partial charge is 0.480 e. The lowest BCUT2D eigenvalue weighted by Crippen LogP contribution is -2.27. The molecule has 2 aromatic carbocycles. The fourth-order valence-electron chi connectivity index (χ4n) is 4.05. The SMILES string of the molecule is [2H]C([2H])([2H])Oc1ncc(-c2ccc3c(C(=O)NC4CC4)n[nH]c3c2)cc1C(=O)N[C@@H](C)c1cccc(C(F)(F)F)c1. The second-order valence-electron chi connectivity index (χ2n) is 9.08. The quantitative estimate of drug-likeness (QED) is 0.313. The minimum absolute atomic E-state index is 0.163. The number of benzene rings is 2. The maximum atomic E-state index is 13.3. The van der Waals surface area contributed by atoms with Gasteiger partial charge >= 0.3 is 6.18 Å². The van der Waals surface area contributed by atoms with E-state index in [0.717, 1.165) is 25.0 Å². The molecule has 2 aromatic heterocycles. The molecule has 1 atom stereocenters. The minimum atomic E-state index is -4.56. The first-order chi connectivity index (χ1) is 19.3. The molecule has 0 spiro atoms. The fourth-order valence-corrected chi connectivity index (χ4v) is 4.05. The Kier molecular flexibility index (Phi) is 5.59. The molecule has 2 heterocycles. The van der Waals surface area contributed by atoms with E-state index in [1.165, 1.54) is 31.3 Å². The lowest BCUT2D eigenvalue weighted by Gasteiger charge is -2.17. The predicted octanol–water partition coefficient (Wildman–Crippen LogP) is 5.04. The van der Waals surface area contributed by atoms with Gasteiger partial charge in [-0.3, -0.25) is 14.7 Å². The lowest BCUT2D eigenvalue weighted by molar-refractivity contribution is -0.137. The van der Waals surface area contributed by atoms with E-state index in [1.807, 2.05) is 0 Å². The van der Waals surface area contributed by atoms with Crippen molar-refractivity contribution < 1.29 is 31.6 Å². The third-order valence-corrected chi connectivity index (χ3v) is 6.28. The van der Waals surface area contributed by atoms with Gasteiger partial charge in [-0.1, -0.05) is 18.2 Å². The molecule has 196 valence electrons. The van der Waals surface area contributed by atoms with Crippen molar-refractivity contribution in [1.82, 2.24) is 25.8 Å². The highest BCUT2D eigenvalue weighted by Gasteiger charge is 2.31. The first-order valence-electron chi connectivity index (χ1n) is 13.2. The molecule has 1 aliphatic carbocycles. The Balaban J connectivity index is 1.44. The monoisotopic (exact) mass is 526 g/mol. The summed E-state index contributed by atoms with van der Waals surface area (Å²) in [5.74, 6) is -1.55. The van der Waals surface area contributed by atoms with Gasteiger partial charge in [-0.15, -0.1) is 0 Å². The van der Waals surface area contributed by atoms with Gasteiger partial charge in [0.1, 0.15) is 5.56 Å². The number of amides is 2. The number of halogens is 3. The van der Waals surface area contributed by atoms with Crippen LogP contribution in [0, 0.1) is 0 Å². The van der Waals surface area contributed by atoms with Gasteiger partial charge in [-0.25, -0.2) is 4.98 Å². The summed E-state index contributed by atoms with van der Waals surface area (Å²) in [4.78, 5) is 29.8. The van der Waals surface area contributed by atoms with Crippen LogP contribution in [-0.4, -0.2) is 40.1 Å². The van der Waals surface area contributed by atoms with Crippen molar-refractivity contribution in [3.05, 3.63) is 77.1 Å². The van der Waals surface area contributed by atoms with Gasteiger partial charge in [0.2, 0.25) is 5.88 Å². The summed E-state index contributed by atoms with van der Waals surface area (Å²) in [6.07, 6.45) is -1.37. The summed E-state index contributed by atoms with van der Waals surface area (Å²) in [6, 6.07) is 10.3. The van der Waals surface area contributed by atoms with Crippen LogP contribution in [0.3, 0.4) is 0 Å². The molecule has 0 radical (unpaired) electrons. The second-order valence-corrected chi connectivity index (χ2v) is 9.08. The van der Waals surface area contributed by atoms with E-state index in [1.54, 1.807) is 18.2 Å². The number of alkyl halides is 3. The van der Waals surface area contributed by atoms with Gasteiger partial charge in [0.25, 0.3) is 11.8 Å². The Labute approximate surface area is 219 Å². The maximum Gasteiger partial charge on any atom is 0.416 e. The molecule has 1 aliphatic rings. The Morgan fingerprint density at radius 3 is 2.68 bits per heavy atom. The smallest absolute Gasteiger partial charge is 0.416 e. The molecule has 11 heteroatoms. The first-order valence-corrected chi connectivity index (χ1v) is 11.7. The number of H-pyrrole nitrogens is 1. The van der Waals surface area contributed by atoms with Crippen LogP contribution >= 0.6 is 0 Å².